The highest BCUT2D eigenvalue weighted by Crippen LogP contribution is 2.07. The fourth-order valence-electron chi connectivity index (χ4n) is 3.42. The molecule has 0 N–H and O–H groups in total. The molecule has 0 amide bonds. The van der Waals surface area contributed by atoms with E-state index in [1.54, 1.807) is 12.1 Å². The Morgan fingerprint density at radius 2 is 1.14 bits per heavy atom. The summed E-state index contributed by atoms with van der Waals surface area (Å²) in [4.78, 5) is 28.9. The smallest absolute Gasteiger partial charge is 0.266 e. The standard InChI is InChI=1S/C24H29N5O6/c30-23-9-7-21-26-28(23)11-2-12-29-24(31)10-8-22(27-29)35-16-4-14-33-18-20-6-1-5-19(25-20)17-32-13-3-15-34-21/h1,5-10H,2-4,11-18H2. The normalized spacial score (nSPS) is 16.3. The van der Waals surface area contributed by atoms with Crippen molar-refractivity contribution in [3.8, 4) is 11.8 Å². The van der Waals surface area contributed by atoms with E-state index in [9.17, 15) is 9.59 Å². The average molecular weight is 484 g/mol. The summed E-state index contributed by atoms with van der Waals surface area (Å²) in [5, 5.41) is 8.52. The fraction of sp³-hybridized carbons (Fsp3) is 0.458. The zero-order valence-electron chi connectivity index (χ0n) is 19.5. The predicted octanol–water partition coefficient (Wildman–Crippen LogP) is 1.57. The van der Waals surface area contributed by atoms with Gasteiger partial charge in [0.25, 0.3) is 11.1 Å². The van der Waals surface area contributed by atoms with E-state index in [1.165, 1.54) is 21.5 Å². The van der Waals surface area contributed by atoms with Crippen molar-refractivity contribution >= 4 is 0 Å². The van der Waals surface area contributed by atoms with Crippen LogP contribution in [0.1, 0.15) is 30.7 Å². The maximum atomic E-state index is 12.2. The maximum Gasteiger partial charge on any atom is 0.266 e. The van der Waals surface area contributed by atoms with Gasteiger partial charge in [-0.25, -0.2) is 9.36 Å². The molecule has 35 heavy (non-hydrogen) atoms. The summed E-state index contributed by atoms with van der Waals surface area (Å²) in [5.74, 6) is 0.721. The highest BCUT2D eigenvalue weighted by Gasteiger charge is 2.06. The van der Waals surface area contributed by atoms with E-state index in [0.29, 0.717) is 83.8 Å². The van der Waals surface area contributed by atoms with Gasteiger partial charge in [0.2, 0.25) is 11.8 Å². The Morgan fingerprint density at radius 1 is 0.629 bits per heavy atom. The number of rotatable bonds is 0. The first-order chi connectivity index (χ1) is 17.2. The topological polar surface area (TPSA) is 120 Å². The summed E-state index contributed by atoms with van der Waals surface area (Å²) in [7, 11) is 0. The molecule has 0 aliphatic carbocycles. The number of hydrogen-bond donors (Lipinski definition) is 0. The fourth-order valence-corrected chi connectivity index (χ4v) is 3.42. The first-order valence-electron chi connectivity index (χ1n) is 11.7. The minimum atomic E-state index is -0.239. The molecule has 0 radical (unpaired) electrons. The molecule has 0 unspecified atom stereocenters. The summed E-state index contributed by atoms with van der Waals surface area (Å²) in [6.45, 7) is 3.26. The zero-order chi connectivity index (χ0) is 24.3. The monoisotopic (exact) mass is 483 g/mol. The number of aryl methyl sites for hydroxylation is 2. The van der Waals surface area contributed by atoms with Crippen LogP contribution in [0.5, 0.6) is 11.8 Å². The Bertz CT molecular complexity index is 1120. The van der Waals surface area contributed by atoms with Crippen molar-refractivity contribution in [2.45, 2.75) is 45.6 Å². The van der Waals surface area contributed by atoms with E-state index < -0.39 is 0 Å². The Labute approximate surface area is 202 Å². The zero-order valence-corrected chi connectivity index (χ0v) is 19.5. The first-order valence-corrected chi connectivity index (χ1v) is 11.7. The number of hydrogen-bond acceptors (Lipinski definition) is 9. The molecule has 1 aliphatic rings. The molecule has 0 aromatic carbocycles. The van der Waals surface area contributed by atoms with E-state index in [1.807, 2.05) is 18.2 Å². The Balaban J connectivity index is 1.42. The van der Waals surface area contributed by atoms with E-state index in [4.69, 9.17) is 18.9 Å². The molecule has 0 saturated heterocycles. The SMILES string of the molecule is O=c1ccc2nn1CCCn1nc(ccc1=O)OCCCOCc1cccc(n1)COCCCO2. The second kappa shape index (κ2) is 12.8. The van der Waals surface area contributed by atoms with Crippen LogP contribution < -0.4 is 20.6 Å². The van der Waals surface area contributed by atoms with Crippen molar-refractivity contribution in [1.29, 1.82) is 0 Å². The van der Waals surface area contributed by atoms with Crippen LogP contribution in [0.3, 0.4) is 0 Å². The van der Waals surface area contributed by atoms with Crippen molar-refractivity contribution < 1.29 is 18.9 Å². The quantitative estimate of drug-likeness (QED) is 0.469. The van der Waals surface area contributed by atoms with Crippen LogP contribution >= 0.6 is 0 Å². The number of pyridine rings is 1. The molecule has 11 nitrogen and oxygen atoms in total. The lowest BCUT2D eigenvalue weighted by Crippen LogP contribution is -2.26. The van der Waals surface area contributed by atoms with Crippen molar-refractivity contribution in [3.63, 3.8) is 0 Å². The van der Waals surface area contributed by atoms with Crippen LogP contribution in [0.25, 0.3) is 0 Å². The van der Waals surface area contributed by atoms with Crippen molar-refractivity contribution in [1.82, 2.24) is 24.5 Å². The molecule has 4 heterocycles. The van der Waals surface area contributed by atoms with E-state index in [0.717, 1.165) is 11.4 Å². The van der Waals surface area contributed by atoms with Crippen molar-refractivity contribution in [3.05, 3.63) is 74.6 Å². The minimum Gasteiger partial charge on any atom is -0.477 e. The second-order valence-electron chi connectivity index (χ2n) is 7.95. The average Bonchev–Trinajstić information content (AvgIpc) is 2.86. The second-order valence-corrected chi connectivity index (χ2v) is 7.95. The molecule has 0 fully saturated rings. The number of ether oxygens (including phenoxy) is 4. The third kappa shape index (κ3) is 7.72. The van der Waals surface area contributed by atoms with Crippen LogP contribution in [-0.2, 0) is 35.8 Å². The molecule has 3 aromatic heterocycles. The molecular weight excluding hydrogens is 454 g/mol. The van der Waals surface area contributed by atoms with E-state index in [2.05, 4.69) is 15.2 Å². The van der Waals surface area contributed by atoms with Crippen molar-refractivity contribution in [2.24, 2.45) is 0 Å². The third-order valence-corrected chi connectivity index (χ3v) is 5.15. The van der Waals surface area contributed by atoms with Crippen LogP contribution in [0.15, 0.2) is 52.1 Å². The molecule has 0 saturated carbocycles. The van der Waals surface area contributed by atoms with Gasteiger partial charge in [-0.2, -0.15) is 0 Å². The molecular formula is C24H29N5O6. The number of nitrogens with zero attached hydrogens (tertiary/aromatic N) is 5. The summed E-state index contributed by atoms with van der Waals surface area (Å²) >= 11 is 0. The molecule has 0 atom stereocenters. The molecule has 186 valence electrons. The van der Waals surface area contributed by atoms with Gasteiger partial charge in [-0.3, -0.25) is 14.6 Å². The summed E-state index contributed by atoms with van der Waals surface area (Å²) in [5.41, 5.74) is 1.19. The summed E-state index contributed by atoms with van der Waals surface area (Å²) < 4.78 is 25.4. The van der Waals surface area contributed by atoms with Crippen LogP contribution in [0.2, 0.25) is 0 Å². The lowest BCUT2D eigenvalue weighted by Gasteiger charge is -2.11. The number of fused-ring (bicyclic) bond motifs is 6. The van der Waals surface area contributed by atoms with E-state index in [-0.39, 0.29) is 11.1 Å². The molecule has 0 spiro atoms. The van der Waals surface area contributed by atoms with E-state index >= 15 is 0 Å². The molecule has 6 bridgehead atoms. The molecule has 1 aliphatic heterocycles. The lowest BCUT2D eigenvalue weighted by molar-refractivity contribution is 0.0982. The Kier molecular flexibility index (Phi) is 8.96. The summed E-state index contributed by atoms with van der Waals surface area (Å²) in [6.07, 6.45) is 1.82. The van der Waals surface area contributed by atoms with Crippen molar-refractivity contribution in [2.75, 3.05) is 26.4 Å². The highest BCUT2D eigenvalue weighted by atomic mass is 16.5. The summed E-state index contributed by atoms with van der Waals surface area (Å²) in [6, 6.07) is 11.7. The van der Waals surface area contributed by atoms with Gasteiger partial charge in [0.15, 0.2) is 0 Å². The van der Waals surface area contributed by atoms with Crippen LogP contribution in [-0.4, -0.2) is 51.0 Å². The highest BCUT2D eigenvalue weighted by molar-refractivity contribution is 5.10. The first kappa shape index (κ1) is 24.6. The van der Waals surface area contributed by atoms with Gasteiger partial charge in [-0.05, 0) is 18.6 Å². The van der Waals surface area contributed by atoms with Gasteiger partial charge in [0.05, 0.1) is 51.0 Å². The largest absolute Gasteiger partial charge is 0.477 e. The lowest BCUT2D eigenvalue weighted by atomic mass is 10.3. The van der Waals surface area contributed by atoms with Gasteiger partial charge < -0.3 is 18.9 Å². The predicted molar refractivity (Wildman–Crippen MR) is 125 cm³/mol. The minimum absolute atomic E-state index is 0.239. The third-order valence-electron chi connectivity index (χ3n) is 5.15. The van der Waals surface area contributed by atoms with Gasteiger partial charge in [-0.15, -0.1) is 10.2 Å². The molecule has 11 heteroatoms. The number of aromatic nitrogens is 5. The van der Waals surface area contributed by atoms with Crippen LogP contribution in [0, 0.1) is 0 Å². The maximum absolute atomic E-state index is 12.2. The van der Waals surface area contributed by atoms with Gasteiger partial charge in [0.1, 0.15) is 0 Å². The van der Waals surface area contributed by atoms with Gasteiger partial charge >= 0.3 is 0 Å². The molecule has 3 aromatic rings. The van der Waals surface area contributed by atoms with Gasteiger partial charge in [0, 0.05) is 50.2 Å². The Morgan fingerprint density at radius 3 is 1.66 bits per heavy atom. The molecule has 4 rings (SSSR count). The Hall–Kier alpha value is -3.57. The van der Waals surface area contributed by atoms with Crippen LogP contribution in [0.4, 0.5) is 0 Å². The van der Waals surface area contributed by atoms with Gasteiger partial charge in [-0.1, -0.05) is 6.07 Å².